The van der Waals surface area contributed by atoms with Crippen molar-refractivity contribution in [2.75, 3.05) is 4.23 Å². The fourth-order valence-electron chi connectivity index (χ4n) is 7.45. The molecule has 36 heavy (non-hydrogen) atoms. The first-order chi connectivity index (χ1) is 16.3. The molecule has 212 valence electrons. The average molecular weight is 552 g/mol. The Morgan fingerprint density at radius 2 is 0.861 bits per heavy atom. The van der Waals surface area contributed by atoms with Crippen molar-refractivity contribution < 1.29 is 0 Å². The van der Waals surface area contributed by atoms with Crippen LogP contribution in [0.2, 0.25) is 55.9 Å². The van der Waals surface area contributed by atoms with Gasteiger partial charge < -0.3 is 4.23 Å². The average Bonchev–Trinajstić information content (AvgIpc) is 3.06. The minimum atomic E-state index is -1.88. The lowest BCUT2D eigenvalue weighted by Gasteiger charge is -2.57. The zero-order chi connectivity index (χ0) is 28.1. The highest BCUT2D eigenvalue weighted by molar-refractivity contribution is 7.02. The predicted molar refractivity (Wildman–Crippen MR) is 173 cm³/mol. The summed E-state index contributed by atoms with van der Waals surface area (Å²) < 4.78 is 5.69. The SMILES string of the molecule is CC(C)C[Si](CC(C)C)(CC(C)C)N(c1cnn([Si](C)(C)C)c1)[Si](CC(C)C)(CC(C)C)CC(C)C. The van der Waals surface area contributed by atoms with E-state index in [4.69, 9.17) is 5.10 Å². The van der Waals surface area contributed by atoms with Gasteiger partial charge in [0, 0.05) is 6.20 Å². The minimum absolute atomic E-state index is 0.729. The maximum atomic E-state index is 5.09. The van der Waals surface area contributed by atoms with E-state index in [-0.39, 0.29) is 0 Å². The molecule has 1 heterocycles. The number of rotatable bonds is 16. The molecule has 0 aliphatic carbocycles. The smallest absolute Gasteiger partial charge is 0.176 e. The van der Waals surface area contributed by atoms with Crippen LogP contribution in [0.5, 0.6) is 0 Å². The van der Waals surface area contributed by atoms with Gasteiger partial charge in [-0.15, -0.1) is 0 Å². The van der Waals surface area contributed by atoms with Gasteiger partial charge in [0.25, 0.3) is 0 Å². The molecule has 6 heteroatoms. The molecule has 0 spiro atoms. The summed E-state index contributed by atoms with van der Waals surface area (Å²) in [6, 6.07) is 8.44. The Labute approximate surface area is 230 Å². The standard InChI is InChI=1S/C30H65N3Si3/c1-24(2)18-35(19-25(3)4,20-26(5)6)33(30-16-31-32(17-30)34(13,14)15)36(21-27(7)8,22-28(9)10)23-29(11)12/h16-17,24-29H,18-23H2,1-15H3. The van der Waals surface area contributed by atoms with Gasteiger partial charge in [0.15, 0.2) is 8.24 Å². The van der Waals surface area contributed by atoms with Crippen LogP contribution in [0.3, 0.4) is 0 Å². The molecule has 0 fully saturated rings. The Bertz CT molecular complexity index is 669. The Balaban J connectivity index is 4.16. The van der Waals surface area contributed by atoms with Crippen molar-refractivity contribution >= 4 is 30.4 Å². The van der Waals surface area contributed by atoms with Crippen molar-refractivity contribution in [2.24, 2.45) is 35.5 Å². The fourth-order valence-corrected chi connectivity index (χ4v) is 26.6. The Morgan fingerprint density at radius 1 is 0.583 bits per heavy atom. The molecule has 0 N–H and O–H groups in total. The zero-order valence-electron chi connectivity index (χ0n) is 27.2. The minimum Gasteiger partial charge on any atom is -0.421 e. The van der Waals surface area contributed by atoms with Crippen LogP contribution in [0.15, 0.2) is 12.4 Å². The lowest BCUT2D eigenvalue weighted by Crippen LogP contribution is -2.69. The number of aromatic nitrogens is 2. The van der Waals surface area contributed by atoms with Gasteiger partial charge >= 0.3 is 0 Å². The van der Waals surface area contributed by atoms with E-state index in [0.717, 1.165) is 35.5 Å². The predicted octanol–water partition coefficient (Wildman–Crippen LogP) is 10.2. The van der Waals surface area contributed by atoms with E-state index >= 15 is 0 Å². The number of hydrogen-bond donors (Lipinski definition) is 0. The Morgan fingerprint density at radius 3 is 1.06 bits per heavy atom. The van der Waals surface area contributed by atoms with E-state index in [9.17, 15) is 0 Å². The molecule has 0 aliphatic rings. The van der Waals surface area contributed by atoms with Gasteiger partial charge in [0.2, 0.25) is 0 Å². The van der Waals surface area contributed by atoms with Crippen LogP contribution in [-0.4, -0.2) is 34.2 Å². The first-order valence-electron chi connectivity index (χ1n) is 15.2. The van der Waals surface area contributed by atoms with Crippen molar-refractivity contribution in [3.05, 3.63) is 12.4 Å². The van der Waals surface area contributed by atoms with Gasteiger partial charge in [-0.25, -0.2) is 0 Å². The number of anilines is 1. The van der Waals surface area contributed by atoms with Crippen molar-refractivity contribution in [1.82, 2.24) is 9.45 Å². The topological polar surface area (TPSA) is 21.1 Å². The van der Waals surface area contributed by atoms with Crippen LogP contribution in [-0.2, 0) is 0 Å². The second-order valence-corrected chi connectivity index (χ2v) is 29.2. The molecule has 0 saturated carbocycles. The summed E-state index contributed by atoms with van der Waals surface area (Å²) in [7, 11) is -5.32. The summed E-state index contributed by atoms with van der Waals surface area (Å²) in [5.41, 5.74) is 1.50. The molecule has 1 rings (SSSR count). The van der Waals surface area contributed by atoms with Crippen molar-refractivity contribution in [3.8, 4) is 0 Å². The molecule has 1 aromatic rings. The lowest BCUT2D eigenvalue weighted by atomic mass is 10.2. The van der Waals surface area contributed by atoms with E-state index in [0.29, 0.717) is 0 Å². The first kappa shape index (κ1) is 33.7. The molecule has 0 aliphatic heterocycles. The van der Waals surface area contributed by atoms with Crippen LogP contribution in [0.25, 0.3) is 0 Å². The molecule has 3 nitrogen and oxygen atoms in total. The van der Waals surface area contributed by atoms with Crippen LogP contribution in [0, 0.1) is 35.5 Å². The van der Waals surface area contributed by atoms with Gasteiger partial charge in [0.1, 0.15) is 16.5 Å². The van der Waals surface area contributed by atoms with Crippen LogP contribution >= 0.6 is 0 Å². The normalized spacial score (nSPS) is 13.9. The highest BCUT2D eigenvalue weighted by atomic mass is 28.4. The van der Waals surface area contributed by atoms with Crippen molar-refractivity contribution in [1.29, 1.82) is 0 Å². The van der Waals surface area contributed by atoms with E-state index < -0.39 is 24.7 Å². The van der Waals surface area contributed by atoms with E-state index in [1.165, 1.54) is 42.0 Å². The number of hydrogen-bond acceptors (Lipinski definition) is 2. The zero-order valence-corrected chi connectivity index (χ0v) is 30.2. The molecule has 0 amide bonds. The van der Waals surface area contributed by atoms with Gasteiger partial charge in [-0.05, 0) is 91.4 Å². The van der Waals surface area contributed by atoms with Gasteiger partial charge in [-0.3, -0.25) is 4.35 Å². The monoisotopic (exact) mass is 551 g/mol. The molecular weight excluding hydrogens is 487 g/mol. The molecule has 0 aromatic carbocycles. The van der Waals surface area contributed by atoms with Crippen molar-refractivity contribution in [2.45, 2.75) is 139 Å². The van der Waals surface area contributed by atoms with E-state index in [1.807, 2.05) is 0 Å². The molecule has 1 aromatic heterocycles. The van der Waals surface area contributed by atoms with E-state index in [2.05, 4.69) is 124 Å². The van der Waals surface area contributed by atoms with E-state index in [1.54, 1.807) is 0 Å². The Hall–Kier alpha value is -0.339. The summed E-state index contributed by atoms with van der Waals surface area (Å²) in [5.74, 6) is 4.38. The third kappa shape index (κ3) is 9.76. The third-order valence-electron chi connectivity index (χ3n) is 7.19. The van der Waals surface area contributed by atoms with Crippen LogP contribution < -0.4 is 4.23 Å². The summed E-state index contributed by atoms with van der Waals surface area (Å²) >= 11 is 0. The lowest BCUT2D eigenvalue weighted by molar-refractivity contribution is 0.623. The molecule has 0 atom stereocenters. The van der Waals surface area contributed by atoms with Crippen molar-refractivity contribution in [3.63, 3.8) is 0 Å². The Kier molecular flexibility index (Phi) is 12.8. The fraction of sp³-hybridized carbons (Fsp3) is 0.900. The maximum Gasteiger partial charge on any atom is 0.176 e. The van der Waals surface area contributed by atoms with Gasteiger partial charge in [0.05, 0.1) is 11.9 Å². The van der Waals surface area contributed by atoms with Gasteiger partial charge in [-0.1, -0.05) is 83.1 Å². The van der Waals surface area contributed by atoms with Gasteiger partial charge in [-0.2, -0.15) is 5.10 Å². The summed E-state index contributed by atoms with van der Waals surface area (Å²) in [6.07, 6.45) is 4.82. The summed E-state index contributed by atoms with van der Waals surface area (Å²) in [4.78, 5) is 0. The van der Waals surface area contributed by atoms with Crippen LogP contribution in [0.1, 0.15) is 83.1 Å². The van der Waals surface area contributed by atoms with Crippen LogP contribution in [0.4, 0.5) is 5.69 Å². The second-order valence-electron chi connectivity index (χ2n) is 15.7. The largest absolute Gasteiger partial charge is 0.421 e. The number of nitrogens with zero attached hydrogens (tertiary/aromatic N) is 3. The highest BCUT2D eigenvalue weighted by Crippen LogP contribution is 2.47. The molecule has 0 unspecified atom stereocenters. The molecular formula is C30H65N3Si3. The summed E-state index contributed by atoms with van der Waals surface area (Å²) in [5, 5.41) is 5.09. The maximum absolute atomic E-state index is 5.09. The third-order valence-corrected chi connectivity index (χ3v) is 23.5. The molecule has 0 saturated heterocycles. The quantitative estimate of drug-likeness (QED) is 0.190. The summed E-state index contributed by atoms with van der Waals surface area (Å²) in [6.45, 7) is 37.1. The highest BCUT2D eigenvalue weighted by Gasteiger charge is 2.52. The molecule has 0 radical (unpaired) electrons. The molecule has 0 bridgehead atoms. The first-order valence-corrected chi connectivity index (χ1v) is 23.8. The second kappa shape index (κ2) is 13.6.